The molecule has 1 N–H and O–H groups in total. The first kappa shape index (κ1) is 17.2. The second-order valence-electron chi connectivity index (χ2n) is 4.84. The van der Waals surface area contributed by atoms with E-state index in [1.54, 1.807) is 13.8 Å². The Morgan fingerprint density at radius 1 is 1.55 bits per heavy atom. The molecule has 0 aromatic rings. The molecule has 0 bridgehead atoms. The van der Waals surface area contributed by atoms with Gasteiger partial charge < -0.3 is 10.1 Å². The number of rotatable bonds is 6. The average Bonchev–Trinajstić information content (AvgIpc) is 2.37. The van der Waals surface area contributed by atoms with Gasteiger partial charge in [-0.1, -0.05) is 17.8 Å². The predicted octanol–water partition coefficient (Wildman–Crippen LogP) is 1.05. The maximum atomic E-state index is 11.4. The molecule has 1 aliphatic rings. The lowest BCUT2D eigenvalue weighted by Gasteiger charge is -2.25. The van der Waals surface area contributed by atoms with Crippen molar-refractivity contribution in [3.63, 3.8) is 0 Å². The maximum absolute atomic E-state index is 11.4. The van der Waals surface area contributed by atoms with E-state index in [-0.39, 0.29) is 22.9 Å². The number of hydrogen-bond acceptors (Lipinski definition) is 6. The molecule has 1 atom stereocenters. The van der Waals surface area contributed by atoms with Gasteiger partial charge in [-0.3, -0.25) is 14.5 Å². The van der Waals surface area contributed by atoms with Crippen LogP contribution in [0.1, 0.15) is 20.3 Å². The Kier molecular flexibility index (Phi) is 7.87. The van der Waals surface area contributed by atoms with Crippen LogP contribution in [0.5, 0.6) is 0 Å². The summed E-state index contributed by atoms with van der Waals surface area (Å²) in [4.78, 5) is 24.5. The van der Waals surface area contributed by atoms with Crippen molar-refractivity contribution in [2.45, 2.75) is 25.5 Å². The molecule has 1 saturated heterocycles. The fraction of sp³-hybridized carbons (Fsp3) is 0.714. The summed E-state index contributed by atoms with van der Waals surface area (Å²) in [5.74, 6) is -0.204. The average molecular weight is 300 g/mol. The summed E-state index contributed by atoms with van der Waals surface area (Å²) in [5, 5.41) is 3.74. The smallest absolute Gasteiger partial charge is 0.320 e. The van der Waals surface area contributed by atoms with Crippen LogP contribution in [0.15, 0.2) is 11.6 Å². The van der Waals surface area contributed by atoms with Crippen LogP contribution in [-0.4, -0.2) is 61.1 Å². The molecule has 0 spiro atoms. The molecule has 1 rings (SSSR count). The fourth-order valence-electron chi connectivity index (χ4n) is 2.07. The first-order valence-corrected chi connectivity index (χ1v) is 7.82. The highest BCUT2D eigenvalue weighted by Gasteiger charge is 2.20. The standard InChI is InChI=1S/C14H24N2O3S/c1-4-19-14(18)10-16(3)8-6-12-9-15-7-5-13(12)20-11(2)17/h6,13,15H,4-5,7-10H2,1-3H3. The second kappa shape index (κ2) is 9.15. The number of carbonyl (C=O) groups excluding carboxylic acids is 2. The van der Waals surface area contributed by atoms with Gasteiger partial charge in [0.05, 0.1) is 13.2 Å². The molecule has 1 aliphatic heterocycles. The van der Waals surface area contributed by atoms with Crippen molar-refractivity contribution >= 4 is 22.8 Å². The van der Waals surface area contributed by atoms with E-state index < -0.39 is 0 Å². The van der Waals surface area contributed by atoms with Gasteiger partial charge in [0.1, 0.15) is 0 Å². The first-order chi connectivity index (χ1) is 9.52. The van der Waals surface area contributed by atoms with Crippen LogP contribution in [-0.2, 0) is 14.3 Å². The summed E-state index contributed by atoms with van der Waals surface area (Å²) >= 11 is 1.40. The molecule has 0 aliphatic carbocycles. The molecular formula is C14H24N2O3S. The molecule has 0 radical (unpaired) electrons. The van der Waals surface area contributed by atoms with Crippen molar-refractivity contribution in [1.82, 2.24) is 10.2 Å². The lowest BCUT2D eigenvalue weighted by atomic mass is 10.1. The minimum Gasteiger partial charge on any atom is -0.465 e. The topological polar surface area (TPSA) is 58.6 Å². The molecule has 0 amide bonds. The minimum absolute atomic E-state index is 0.155. The van der Waals surface area contributed by atoms with E-state index in [1.807, 2.05) is 11.9 Å². The van der Waals surface area contributed by atoms with Crippen LogP contribution in [0.3, 0.4) is 0 Å². The van der Waals surface area contributed by atoms with E-state index in [9.17, 15) is 9.59 Å². The zero-order valence-corrected chi connectivity index (χ0v) is 13.3. The number of nitrogens with one attached hydrogen (secondary N) is 1. The summed E-state index contributed by atoms with van der Waals surface area (Å²) in [6.07, 6.45) is 3.09. The fourth-order valence-corrected chi connectivity index (χ4v) is 3.04. The van der Waals surface area contributed by atoms with Crippen LogP contribution < -0.4 is 5.32 Å². The zero-order valence-electron chi connectivity index (χ0n) is 12.5. The summed E-state index contributed by atoms with van der Waals surface area (Å²) in [6.45, 7) is 6.56. The van der Waals surface area contributed by atoms with E-state index in [0.717, 1.165) is 19.5 Å². The molecule has 114 valence electrons. The normalized spacial score (nSPS) is 21.2. The molecule has 0 saturated carbocycles. The van der Waals surface area contributed by atoms with Crippen molar-refractivity contribution in [1.29, 1.82) is 0 Å². The van der Waals surface area contributed by atoms with Gasteiger partial charge in [0, 0.05) is 25.3 Å². The molecule has 1 heterocycles. The number of thioether (sulfide) groups is 1. The van der Waals surface area contributed by atoms with Crippen molar-refractivity contribution in [2.75, 3.05) is 39.8 Å². The van der Waals surface area contributed by atoms with E-state index in [0.29, 0.717) is 13.2 Å². The summed E-state index contributed by atoms with van der Waals surface area (Å²) in [7, 11) is 1.89. The van der Waals surface area contributed by atoms with Crippen molar-refractivity contribution in [2.24, 2.45) is 0 Å². The molecule has 1 fully saturated rings. The van der Waals surface area contributed by atoms with E-state index in [4.69, 9.17) is 4.74 Å². The van der Waals surface area contributed by atoms with Crippen LogP contribution in [0.2, 0.25) is 0 Å². The molecule has 6 heteroatoms. The quantitative estimate of drug-likeness (QED) is 0.584. The molecule has 0 aromatic heterocycles. The van der Waals surface area contributed by atoms with Crippen LogP contribution in [0.25, 0.3) is 0 Å². The monoisotopic (exact) mass is 300 g/mol. The maximum Gasteiger partial charge on any atom is 0.320 e. The lowest BCUT2D eigenvalue weighted by molar-refractivity contribution is -0.143. The lowest BCUT2D eigenvalue weighted by Crippen LogP contribution is -2.34. The Balaban J connectivity index is 2.48. The minimum atomic E-state index is -0.204. The zero-order chi connectivity index (χ0) is 15.0. The Bertz CT molecular complexity index is 371. The Morgan fingerprint density at radius 3 is 2.95 bits per heavy atom. The number of likely N-dealkylation sites (N-methyl/N-ethyl adjacent to an activating group) is 1. The van der Waals surface area contributed by atoms with Crippen LogP contribution in [0, 0.1) is 0 Å². The molecule has 20 heavy (non-hydrogen) atoms. The van der Waals surface area contributed by atoms with Crippen molar-refractivity contribution in [3.05, 3.63) is 11.6 Å². The highest BCUT2D eigenvalue weighted by Crippen LogP contribution is 2.25. The second-order valence-corrected chi connectivity index (χ2v) is 6.22. The predicted molar refractivity (Wildman–Crippen MR) is 81.8 cm³/mol. The molecule has 0 aromatic carbocycles. The third kappa shape index (κ3) is 6.54. The van der Waals surface area contributed by atoms with Crippen molar-refractivity contribution < 1.29 is 14.3 Å². The summed E-state index contributed by atoms with van der Waals surface area (Å²) in [5.41, 5.74) is 1.24. The summed E-state index contributed by atoms with van der Waals surface area (Å²) < 4.78 is 4.92. The van der Waals surface area contributed by atoms with Gasteiger partial charge >= 0.3 is 5.97 Å². The van der Waals surface area contributed by atoms with Gasteiger partial charge in [0.2, 0.25) is 0 Å². The highest BCUT2D eigenvalue weighted by molar-refractivity contribution is 8.14. The Labute approximate surface area is 125 Å². The third-order valence-electron chi connectivity index (χ3n) is 3.00. The SMILES string of the molecule is CCOC(=O)CN(C)CC=C1CNCCC1SC(C)=O. The third-order valence-corrected chi connectivity index (χ3v) is 4.16. The van der Waals surface area contributed by atoms with Gasteiger partial charge in [-0.2, -0.15) is 0 Å². The van der Waals surface area contributed by atoms with E-state index in [2.05, 4.69) is 11.4 Å². The number of hydrogen-bond donors (Lipinski definition) is 1. The Hall–Kier alpha value is -0.850. The van der Waals surface area contributed by atoms with Gasteiger partial charge in [0.15, 0.2) is 5.12 Å². The van der Waals surface area contributed by atoms with Crippen LogP contribution >= 0.6 is 11.8 Å². The van der Waals surface area contributed by atoms with Crippen LogP contribution in [0.4, 0.5) is 0 Å². The van der Waals surface area contributed by atoms with Gasteiger partial charge in [-0.15, -0.1) is 0 Å². The van der Waals surface area contributed by atoms with E-state index >= 15 is 0 Å². The number of piperidine rings is 1. The van der Waals surface area contributed by atoms with E-state index in [1.165, 1.54) is 17.3 Å². The van der Waals surface area contributed by atoms with Gasteiger partial charge in [-0.25, -0.2) is 0 Å². The first-order valence-electron chi connectivity index (χ1n) is 6.94. The number of nitrogens with zero attached hydrogens (tertiary/aromatic N) is 1. The molecule has 5 nitrogen and oxygen atoms in total. The highest BCUT2D eigenvalue weighted by atomic mass is 32.2. The Morgan fingerprint density at radius 2 is 2.30 bits per heavy atom. The van der Waals surface area contributed by atoms with Gasteiger partial charge in [-0.05, 0) is 32.5 Å². The number of ether oxygens (including phenoxy) is 1. The van der Waals surface area contributed by atoms with Gasteiger partial charge in [0.25, 0.3) is 0 Å². The largest absolute Gasteiger partial charge is 0.465 e. The summed E-state index contributed by atoms with van der Waals surface area (Å²) in [6, 6.07) is 0. The number of carbonyl (C=O) groups is 2. The molecule has 1 unspecified atom stereocenters. The number of esters is 1. The van der Waals surface area contributed by atoms with Crippen molar-refractivity contribution in [3.8, 4) is 0 Å². The molecular weight excluding hydrogens is 276 g/mol.